The Morgan fingerprint density at radius 1 is 1.53 bits per heavy atom. The third-order valence-corrected chi connectivity index (χ3v) is 4.15. The van der Waals surface area contributed by atoms with E-state index in [1.165, 1.54) is 6.42 Å². The van der Waals surface area contributed by atoms with E-state index in [1.807, 2.05) is 11.6 Å². The molecule has 1 saturated carbocycles. The van der Waals surface area contributed by atoms with E-state index in [0.29, 0.717) is 11.5 Å². The number of aromatic nitrogens is 4. The summed E-state index contributed by atoms with van der Waals surface area (Å²) in [6, 6.07) is 0.519. The molecule has 1 atom stereocenters. The van der Waals surface area contributed by atoms with Gasteiger partial charge in [-0.1, -0.05) is 13.8 Å². The third-order valence-electron chi connectivity index (χ3n) is 3.85. The van der Waals surface area contributed by atoms with E-state index in [-0.39, 0.29) is 0 Å². The summed E-state index contributed by atoms with van der Waals surface area (Å²) in [4.78, 5) is 3.30. The van der Waals surface area contributed by atoms with Crippen LogP contribution in [0, 0.1) is 17.1 Å². The van der Waals surface area contributed by atoms with E-state index < -0.39 is 0 Å². The van der Waals surface area contributed by atoms with Gasteiger partial charge < -0.3 is 4.98 Å². The highest BCUT2D eigenvalue weighted by Gasteiger charge is 2.48. The number of hydrogen-bond donors (Lipinski definition) is 1. The predicted octanol–water partition coefficient (Wildman–Crippen LogP) is 3.19. The summed E-state index contributed by atoms with van der Waals surface area (Å²) in [5.41, 5.74) is 3.65. The molecule has 1 unspecified atom stereocenters. The molecule has 92 valence electrons. The van der Waals surface area contributed by atoms with E-state index in [9.17, 15) is 0 Å². The molecule has 0 bridgehead atoms. The van der Waals surface area contributed by atoms with Crippen molar-refractivity contribution in [3.05, 3.63) is 10.5 Å². The molecule has 1 N–H and O–H groups in total. The zero-order valence-corrected chi connectivity index (χ0v) is 11.6. The minimum Gasteiger partial charge on any atom is -0.328 e. The topological polar surface area (TPSA) is 38.5 Å². The Morgan fingerprint density at radius 3 is 2.71 bits per heavy atom. The zero-order valence-electron chi connectivity index (χ0n) is 10.7. The van der Waals surface area contributed by atoms with Crippen LogP contribution in [0.25, 0.3) is 11.2 Å². The molecular formula is C12H18N4S. The largest absolute Gasteiger partial charge is 0.328 e. The van der Waals surface area contributed by atoms with Crippen molar-refractivity contribution in [1.29, 1.82) is 0 Å². The lowest BCUT2D eigenvalue weighted by molar-refractivity contribution is 0.532. The Hall–Kier alpha value is -1.10. The minimum absolute atomic E-state index is 0.365. The van der Waals surface area contributed by atoms with Crippen molar-refractivity contribution < 1.29 is 0 Å². The van der Waals surface area contributed by atoms with Crippen LogP contribution in [0.4, 0.5) is 0 Å². The maximum atomic E-state index is 5.46. The van der Waals surface area contributed by atoms with Crippen LogP contribution >= 0.6 is 12.2 Å². The Labute approximate surface area is 106 Å². The highest BCUT2D eigenvalue weighted by Crippen LogP contribution is 2.56. The summed E-state index contributed by atoms with van der Waals surface area (Å²) in [5.74, 6) is 0. The predicted molar refractivity (Wildman–Crippen MR) is 70.8 cm³/mol. The first kappa shape index (κ1) is 11.0. The standard InChI is InChI=1S/C12H18N4S/c1-5-15-10-9(7(2)14-15)13-11(17)16(10)8-6-12(8,3)4/h8H,5-6H2,1-4H3,(H,13,17). The van der Waals surface area contributed by atoms with E-state index in [4.69, 9.17) is 12.2 Å². The van der Waals surface area contributed by atoms with Crippen LogP contribution in [-0.4, -0.2) is 19.3 Å². The van der Waals surface area contributed by atoms with Crippen LogP contribution in [0.2, 0.25) is 0 Å². The van der Waals surface area contributed by atoms with E-state index >= 15 is 0 Å². The van der Waals surface area contributed by atoms with E-state index in [0.717, 1.165) is 28.2 Å². The molecular weight excluding hydrogens is 232 g/mol. The molecule has 5 heteroatoms. The highest BCUT2D eigenvalue weighted by atomic mass is 32.1. The smallest absolute Gasteiger partial charge is 0.179 e. The molecule has 1 aliphatic rings. The van der Waals surface area contributed by atoms with Gasteiger partial charge in [0.05, 0.1) is 5.69 Å². The lowest BCUT2D eigenvalue weighted by atomic mass is 10.2. The quantitative estimate of drug-likeness (QED) is 0.831. The van der Waals surface area contributed by atoms with Crippen molar-refractivity contribution >= 4 is 23.4 Å². The van der Waals surface area contributed by atoms with Gasteiger partial charge in [-0.15, -0.1) is 0 Å². The van der Waals surface area contributed by atoms with Crippen LogP contribution in [0.5, 0.6) is 0 Å². The summed E-state index contributed by atoms with van der Waals surface area (Å²) >= 11 is 5.46. The fourth-order valence-corrected chi connectivity index (χ4v) is 2.93. The average molecular weight is 250 g/mol. The molecule has 0 amide bonds. The Morgan fingerprint density at radius 2 is 2.18 bits per heavy atom. The van der Waals surface area contributed by atoms with Crippen LogP contribution < -0.4 is 0 Å². The number of imidazole rings is 1. The molecule has 0 saturated heterocycles. The molecule has 3 rings (SSSR count). The normalized spacial score (nSPS) is 22.2. The number of H-pyrrole nitrogens is 1. The van der Waals surface area contributed by atoms with Gasteiger partial charge in [0.25, 0.3) is 0 Å². The number of aryl methyl sites for hydroxylation is 2. The maximum Gasteiger partial charge on any atom is 0.179 e. The number of aromatic amines is 1. The van der Waals surface area contributed by atoms with Crippen LogP contribution in [0.1, 0.15) is 38.9 Å². The first-order chi connectivity index (χ1) is 7.95. The monoisotopic (exact) mass is 250 g/mol. The van der Waals surface area contributed by atoms with Crippen molar-refractivity contribution in [2.75, 3.05) is 0 Å². The summed E-state index contributed by atoms with van der Waals surface area (Å²) < 4.78 is 5.14. The first-order valence-corrected chi connectivity index (χ1v) is 6.54. The van der Waals surface area contributed by atoms with Gasteiger partial charge in [-0.05, 0) is 37.9 Å². The van der Waals surface area contributed by atoms with Crippen LogP contribution in [0.15, 0.2) is 0 Å². The second-order valence-electron chi connectivity index (χ2n) is 5.61. The summed E-state index contributed by atoms with van der Waals surface area (Å²) in [7, 11) is 0. The van der Waals surface area contributed by atoms with Gasteiger partial charge >= 0.3 is 0 Å². The number of hydrogen-bond acceptors (Lipinski definition) is 2. The molecule has 0 aliphatic heterocycles. The van der Waals surface area contributed by atoms with Crippen LogP contribution in [-0.2, 0) is 6.54 Å². The first-order valence-electron chi connectivity index (χ1n) is 6.13. The Kier molecular flexibility index (Phi) is 2.09. The molecule has 0 aromatic carbocycles. The number of fused-ring (bicyclic) bond motifs is 1. The lowest BCUT2D eigenvalue weighted by Crippen LogP contribution is -2.06. The summed E-state index contributed by atoms with van der Waals surface area (Å²) in [6.45, 7) is 9.60. The SMILES string of the molecule is CCn1nc(C)c2[nH]c(=S)n(C3CC3(C)C)c21. The van der Waals surface area contributed by atoms with E-state index in [1.54, 1.807) is 0 Å². The molecule has 1 fully saturated rings. The second-order valence-corrected chi connectivity index (χ2v) is 6.00. The molecule has 17 heavy (non-hydrogen) atoms. The number of nitrogens with zero attached hydrogens (tertiary/aromatic N) is 3. The molecule has 2 aromatic heterocycles. The van der Waals surface area contributed by atoms with Crippen molar-refractivity contribution in [3.8, 4) is 0 Å². The Bertz CT molecular complexity index is 643. The second kappa shape index (κ2) is 3.22. The highest BCUT2D eigenvalue weighted by molar-refractivity contribution is 7.71. The molecule has 2 aromatic rings. The van der Waals surface area contributed by atoms with Gasteiger partial charge in [0.1, 0.15) is 5.52 Å². The molecule has 4 nitrogen and oxygen atoms in total. The summed E-state index contributed by atoms with van der Waals surface area (Å²) in [5, 5.41) is 4.55. The average Bonchev–Trinajstić information content (AvgIpc) is 2.61. The minimum atomic E-state index is 0.365. The lowest BCUT2D eigenvalue weighted by Gasteiger charge is -2.07. The van der Waals surface area contributed by atoms with Gasteiger partial charge in [-0.25, -0.2) is 4.68 Å². The molecule has 1 aliphatic carbocycles. The fourth-order valence-electron chi connectivity index (χ4n) is 2.61. The van der Waals surface area contributed by atoms with Crippen molar-refractivity contribution in [2.45, 2.75) is 46.7 Å². The molecule has 2 heterocycles. The third kappa shape index (κ3) is 1.41. The zero-order chi connectivity index (χ0) is 12.4. The maximum absolute atomic E-state index is 5.46. The van der Waals surface area contributed by atoms with Crippen molar-refractivity contribution in [2.24, 2.45) is 5.41 Å². The molecule has 0 radical (unpaired) electrons. The summed E-state index contributed by atoms with van der Waals surface area (Å²) in [6.07, 6.45) is 1.20. The number of nitrogens with one attached hydrogen (secondary N) is 1. The van der Waals surface area contributed by atoms with Crippen molar-refractivity contribution in [3.63, 3.8) is 0 Å². The van der Waals surface area contributed by atoms with Gasteiger partial charge in [-0.3, -0.25) is 4.57 Å². The van der Waals surface area contributed by atoms with Gasteiger partial charge in [0.15, 0.2) is 10.4 Å². The number of rotatable bonds is 2. The fraction of sp³-hybridized carbons (Fsp3) is 0.667. The Balaban J connectivity index is 2.30. The van der Waals surface area contributed by atoms with E-state index in [2.05, 4.69) is 35.4 Å². The van der Waals surface area contributed by atoms with Gasteiger partial charge in [0.2, 0.25) is 0 Å². The van der Waals surface area contributed by atoms with Gasteiger partial charge in [0, 0.05) is 12.6 Å². The van der Waals surface area contributed by atoms with Crippen molar-refractivity contribution in [1.82, 2.24) is 19.3 Å². The molecule has 0 spiro atoms. The van der Waals surface area contributed by atoms with Crippen LogP contribution in [0.3, 0.4) is 0 Å². The van der Waals surface area contributed by atoms with Gasteiger partial charge in [-0.2, -0.15) is 5.10 Å².